The summed E-state index contributed by atoms with van der Waals surface area (Å²) in [4.78, 5) is 1.78. The van der Waals surface area contributed by atoms with Gasteiger partial charge >= 0.3 is 7.25 Å². The molecule has 6 heteroatoms. The Morgan fingerprint density at radius 3 is 1.55 bits per heavy atom. The van der Waals surface area contributed by atoms with Gasteiger partial charge in [0.15, 0.2) is 0 Å². The molecule has 0 saturated heterocycles. The Hall–Kier alpha value is -0.255. The predicted octanol–water partition coefficient (Wildman–Crippen LogP) is 4.20. The van der Waals surface area contributed by atoms with Crippen LogP contribution in [0.4, 0.5) is 17.3 Å². The molecule has 1 nitrogen and oxygen atoms in total. The molecule has 0 aromatic rings. The van der Waals surface area contributed by atoms with Crippen molar-refractivity contribution < 1.29 is 22.2 Å². The number of quaternary nitrogens is 1. The van der Waals surface area contributed by atoms with Gasteiger partial charge in [0.05, 0.1) is 18.6 Å². The van der Waals surface area contributed by atoms with Crippen LogP contribution in [0.2, 0.25) is 0 Å². The van der Waals surface area contributed by atoms with Crippen LogP contribution in [0.1, 0.15) is 67.2 Å². The van der Waals surface area contributed by atoms with E-state index in [4.69, 9.17) is 0 Å². The summed E-state index contributed by atoms with van der Waals surface area (Å²) in [6.45, 7) is 15.4. The molecule has 0 aromatic heterocycles. The van der Waals surface area contributed by atoms with Crippen molar-refractivity contribution in [3.05, 3.63) is 0 Å². The molecule has 0 aliphatic carbocycles. The fourth-order valence-electron chi connectivity index (χ4n) is 2.41. The number of halogens is 4. The number of nitrogens with one attached hydrogen (secondary N) is 1. The largest absolute Gasteiger partial charge is 0.673 e. The molecule has 0 amide bonds. The maximum Gasteiger partial charge on any atom is 0.673 e. The summed E-state index contributed by atoms with van der Waals surface area (Å²) in [5.41, 5.74) is 0. The maximum absolute atomic E-state index is 9.75. The Kier molecular flexibility index (Phi) is 12.6. The molecule has 1 N–H and O–H groups in total. The zero-order valence-electron chi connectivity index (χ0n) is 13.9. The molecule has 20 heavy (non-hydrogen) atoms. The number of hydrogen-bond donors (Lipinski definition) is 1. The Labute approximate surface area is 122 Å². The van der Waals surface area contributed by atoms with E-state index >= 15 is 0 Å². The van der Waals surface area contributed by atoms with Gasteiger partial charge in [-0.2, -0.15) is 0 Å². The summed E-state index contributed by atoms with van der Waals surface area (Å²) < 4.78 is 39.0. The lowest BCUT2D eigenvalue weighted by atomic mass is 9.97. The highest BCUT2D eigenvalue weighted by Gasteiger charge is 2.21. The lowest BCUT2D eigenvalue weighted by molar-refractivity contribution is -0.945. The van der Waals surface area contributed by atoms with Gasteiger partial charge in [0.25, 0.3) is 0 Å². The van der Waals surface area contributed by atoms with E-state index in [0.29, 0.717) is 0 Å². The fourth-order valence-corrected chi connectivity index (χ4v) is 2.41. The van der Waals surface area contributed by atoms with Crippen molar-refractivity contribution in [1.82, 2.24) is 0 Å². The molecular formula is C14H32BF4N. The van der Waals surface area contributed by atoms with Crippen LogP contribution in [0.15, 0.2) is 0 Å². The Morgan fingerprint density at radius 1 is 0.900 bits per heavy atom. The van der Waals surface area contributed by atoms with Gasteiger partial charge in [0.1, 0.15) is 0 Å². The van der Waals surface area contributed by atoms with Crippen LogP contribution in [-0.2, 0) is 0 Å². The normalized spacial score (nSPS) is 13.7. The van der Waals surface area contributed by atoms with Crippen molar-refractivity contribution >= 4 is 7.25 Å². The Morgan fingerprint density at radius 2 is 1.30 bits per heavy atom. The first-order valence-electron chi connectivity index (χ1n) is 7.75. The van der Waals surface area contributed by atoms with E-state index in [1.807, 2.05) is 0 Å². The van der Waals surface area contributed by atoms with Gasteiger partial charge in [-0.25, -0.2) is 0 Å². The van der Waals surface area contributed by atoms with Crippen molar-refractivity contribution in [2.75, 3.05) is 6.54 Å². The summed E-state index contributed by atoms with van der Waals surface area (Å²) >= 11 is 0. The fraction of sp³-hybridized carbons (Fsp3) is 1.00. The predicted molar refractivity (Wildman–Crippen MR) is 79.6 cm³/mol. The van der Waals surface area contributed by atoms with Gasteiger partial charge < -0.3 is 22.2 Å². The zero-order chi connectivity index (χ0) is 16.3. The molecule has 0 rings (SSSR count). The molecule has 1 unspecified atom stereocenters. The van der Waals surface area contributed by atoms with E-state index in [2.05, 4.69) is 41.5 Å². The van der Waals surface area contributed by atoms with Crippen LogP contribution in [0.25, 0.3) is 0 Å². The number of rotatable bonds is 8. The van der Waals surface area contributed by atoms with Crippen molar-refractivity contribution in [2.45, 2.75) is 79.3 Å². The van der Waals surface area contributed by atoms with Crippen LogP contribution < -0.4 is 4.90 Å². The van der Waals surface area contributed by atoms with E-state index in [-0.39, 0.29) is 0 Å². The monoisotopic (exact) mass is 301 g/mol. The number of unbranched alkanes of at least 4 members (excludes halogenated alkanes) is 1. The third kappa shape index (κ3) is 15.8. The lowest BCUT2D eigenvalue weighted by Crippen LogP contribution is -3.18. The van der Waals surface area contributed by atoms with Gasteiger partial charge in [0, 0.05) is 5.92 Å². The van der Waals surface area contributed by atoms with E-state index in [0.717, 1.165) is 18.0 Å². The summed E-state index contributed by atoms with van der Waals surface area (Å²) in [7, 11) is -6.00. The van der Waals surface area contributed by atoms with E-state index in [1.54, 1.807) is 4.90 Å². The number of hydrogen-bond acceptors (Lipinski definition) is 0. The summed E-state index contributed by atoms with van der Waals surface area (Å²) in [5, 5.41) is 0. The summed E-state index contributed by atoms with van der Waals surface area (Å²) in [5.74, 6) is 0.935. The molecule has 0 fully saturated rings. The SMILES string of the molecule is CCCCC(CC)C[NH+](C(C)C)C(C)C.F[B-](F)(F)F. The smallest absolute Gasteiger partial charge is 0.418 e. The van der Waals surface area contributed by atoms with Gasteiger partial charge in [-0.3, -0.25) is 0 Å². The van der Waals surface area contributed by atoms with E-state index in [1.165, 1.54) is 32.2 Å². The maximum atomic E-state index is 9.75. The first kappa shape index (κ1) is 22.0. The standard InChI is InChI=1S/C14H31N.BF4/c1-7-9-10-14(8-2)11-15(12(3)4)13(5)6;2-1(3,4)5/h12-14H,7-11H2,1-6H3;/q;-1/p+1. The average molecular weight is 301 g/mol. The highest BCUT2D eigenvalue weighted by Crippen LogP contribution is 2.10. The minimum atomic E-state index is -6.00. The first-order chi connectivity index (χ1) is 9.02. The Balaban J connectivity index is 0. The zero-order valence-corrected chi connectivity index (χ0v) is 13.9. The van der Waals surface area contributed by atoms with Crippen LogP contribution in [-0.4, -0.2) is 25.9 Å². The molecule has 0 aliphatic rings. The minimum Gasteiger partial charge on any atom is -0.418 e. The quantitative estimate of drug-likeness (QED) is 0.506. The Bertz CT molecular complexity index is 206. The molecule has 0 spiro atoms. The summed E-state index contributed by atoms with van der Waals surface area (Å²) in [6, 6.07) is 1.53. The molecule has 1 atom stereocenters. The molecule has 0 aromatic carbocycles. The highest BCUT2D eigenvalue weighted by atomic mass is 19.5. The van der Waals surface area contributed by atoms with E-state index in [9.17, 15) is 17.3 Å². The van der Waals surface area contributed by atoms with Crippen molar-refractivity contribution in [2.24, 2.45) is 5.92 Å². The second-order valence-corrected chi connectivity index (χ2v) is 6.00. The minimum absolute atomic E-state index is 0.765. The first-order valence-corrected chi connectivity index (χ1v) is 7.75. The molecule has 0 aliphatic heterocycles. The van der Waals surface area contributed by atoms with Gasteiger partial charge in [-0.05, 0) is 40.5 Å². The summed E-state index contributed by atoms with van der Waals surface area (Å²) in [6.07, 6.45) is 5.52. The van der Waals surface area contributed by atoms with Crippen LogP contribution in [0, 0.1) is 5.92 Å². The molecule has 0 saturated carbocycles. The lowest BCUT2D eigenvalue weighted by Gasteiger charge is -2.30. The van der Waals surface area contributed by atoms with Crippen molar-refractivity contribution in [3.63, 3.8) is 0 Å². The molecular weight excluding hydrogens is 269 g/mol. The molecule has 0 bridgehead atoms. The third-order valence-corrected chi connectivity index (χ3v) is 3.55. The van der Waals surface area contributed by atoms with E-state index < -0.39 is 7.25 Å². The highest BCUT2D eigenvalue weighted by molar-refractivity contribution is 6.50. The van der Waals surface area contributed by atoms with Gasteiger partial charge in [-0.1, -0.05) is 26.7 Å². The van der Waals surface area contributed by atoms with Crippen LogP contribution in [0.5, 0.6) is 0 Å². The topological polar surface area (TPSA) is 4.44 Å². The molecule has 124 valence electrons. The third-order valence-electron chi connectivity index (χ3n) is 3.55. The molecule has 0 heterocycles. The van der Waals surface area contributed by atoms with Crippen LogP contribution in [0.3, 0.4) is 0 Å². The van der Waals surface area contributed by atoms with Crippen LogP contribution >= 0.6 is 0 Å². The average Bonchev–Trinajstić information content (AvgIpc) is 2.26. The van der Waals surface area contributed by atoms with Crippen molar-refractivity contribution in [3.8, 4) is 0 Å². The second kappa shape index (κ2) is 11.4. The molecule has 0 radical (unpaired) electrons. The van der Waals surface area contributed by atoms with Gasteiger partial charge in [-0.15, -0.1) is 0 Å². The van der Waals surface area contributed by atoms with Gasteiger partial charge in [0.2, 0.25) is 0 Å². The second-order valence-electron chi connectivity index (χ2n) is 6.00. The van der Waals surface area contributed by atoms with Crippen molar-refractivity contribution in [1.29, 1.82) is 0 Å².